The predicted molar refractivity (Wildman–Crippen MR) is 131 cm³/mol. The van der Waals surface area contributed by atoms with E-state index in [4.69, 9.17) is 0 Å². The number of nitrogens with one attached hydrogen (secondary N) is 1. The van der Waals surface area contributed by atoms with Crippen LogP contribution in [0.3, 0.4) is 0 Å². The largest absolute Gasteiger partial charge is 0.507 e. The number of rotatable bonds is 9. The molecular formula is C26H29N3O4. The van der Waals surface area contributed by atoms with Gasteiger partial charge in [-0.25, -0.2) is 4.79 Å². The number of amides is 1. The van der Waals surface area contributed by atoms with Crippen molar-refractivity contribution in [2.24, 2.45) is 0 Å². The number of phenols is 1. The fraction of sp³-hybridized carbons (Fsp3) is 0.231. The van der Waals surface area contributed by atoms with Gasteiger partial charge in [0.1, 0.15) is 5.75 Å². The van der Waals surface area contributed by atoms with E-state index in [-0.39, 0.29) is 22.6 Å². The molecule has 0 aliphatic carbocycles. The van der Waals surface area contributed by atoms with Crippen LogP contribution in [0.4, 0.5) is 11.4 Å². The molecule has 0 heterocycles. The molecule has 0 aromatic heterocycles. The van der Waals surface area contributed by atoms with Crippen molar-refractivity contribution in [1.29, 1.82) is 0 Å². The second-order valence-electron chi connectivity index (χ2n) is 7.97. The molecule has 7 heteroatoms. The number of hydrogen-bond acceptors (Lipinski definition) is 5. The quantitative estimate of drug-likeness (QED) is 0.450. The molecule has 0 bridgehead atoms. The molecule has 0 spiro atoms. The minimum atomic E-state index is -1.15. The van der Waals surface area contributed by atoms with Gasteiger partial charge in [-0.3, -0.25) is 4.79 Å². The van der Waals surface area contributed by atoms with Gasteiger partial charge >= 0.3 is 5.97 Å². The zero-order chi connectivity index (χ0) is 24.0. The molecule has 0 atom stereocenters. The first-order chi connectivity index (χ1) is 15.8. The second kappa shape index (κ2) is 10.7. The zero-order valence-corrected chi connectivity index (χ0v) is 19.1. The number of carbonyl (C=O) groups is 2. The molecule has 0 aliphatic rings. The number of aromatic carboxylic acids is 1. The van der Waals surface area contributed by atoms with Crippen molar-refractivity contribution in [2.75, 3.05) is 43.9 Å². The van der Waals surface area contributed by atoms with Crippen LogP contribution >= 0.6 is 0 Å². The second-order valence-corrected chi connectivity index (χ2v) is 7.97. The number of benzene rings is 3. The van der Waals surface area contributed by atoms with Crippen LogP contribution < -0.4 is 10.2 Å². The van der Waals surface area contributed by atoms with Crippen molar-refractivity contribution >= 4 is 23.3 Å². The first-order valence-corrected chi connectivity index (χ1v) is 10.8. The average molecular weight is 448 g/mol. The smallest absolute Gasteiger partial charge is 0.337 e. The van der Waals surface area contributed by atoms with Crippen LogP contribution in [0.25, 0.3) is 11.1 Å². The Morgan fingerprint density at radius 2 is 1.61 bits per heavy atom. The van der Waals surface area contributed by atoms with Gasteiger partial charge in [-0.1, -0.05) is 36.4 Å². The number of nitrogens with zero attached hydrogens (tertiary/aromatic N) is 2. The summed E-state index contributed by atoms with van der Waals surface area (Å²) in [6.45, 7) is 4.36. The zero-order valence-electron chi connectivity index (χ0n) is 19.1. The summed E-state index contributed by atoms with van der Waals surface area (Å²) in [4.78, 5) is 29.0. The highest BCUT2D eigenvalue weighted by Gasteiger charge is 2.18. The molecule has 0 aliphatic heterocycles. The van der Waals surface area contributed by atoms with Crippen LogP contribution in [0.5, 0.6) is 5.75 Å². The van der Waals surface area contributed by atoms with Gasteiger partial charge in [-0.2, -0.15) is 0 Å². The van der Waals surface area contributed by atoms with E-state index in [1.807, 2.05) is 51.4 Å². The van der Waals surface area contributed by atoms with Crippen LogP contribution in [0.15, 0.2) is 66.7 Å². The highest BCUT2D eigenvalue weighted by atomic mass is 16.4. The molecule has 0 saturated heterocycles. The number of anilines is 2. The van der Waals surface area contributed by atoms with E-state index in [0.29, 0.717) is 0 Å². The first-order valence-electron chi connectivity index (χ1n) is 10.8. The number of carboxylic acids is 1. The molecule has 0 unspecified atom stereocenters. The number of aromatic hydroxyl groups is 1. The lowest BCUT2D eigenvalue weighted by atomic mass is 10.0. The molecular weight excluding hydrogens is 418 g/mol. The van der Waals surface area contributed by atoms with Crippen molar-refractivity contribution < 1.29 is 19.8 Å². The Morgan fingerprint density at radius 3 is 2.24 bits per heavy atom. The standard InChI is InChI=1S/C26H29N3O4/c1-4-29(15-14-28(2)3)20-11-13-24(30)22(17-20)25(31)27-23-16-19(10-12-21(23)26(32)33)18-8-6-5-7-9-18/h5-13,16-17,30H,4,14-15H2,1-3H3,(H,27,31)(H,32,33). The summed E-state index contributed by atoms with van der Waals surface area (Å²) in [5, 5.41) is 22.7. The van der Waals surface area contributed by atoms with Crippen LogP contribution in [0, 0.1) is 0 Å². The maximum absolute atomic E-state index is 13.1. The van der Waals surface area contributed by atoms with E-state index in [1.165, 1.54) is 12.1 Å². The Morgan fingerprint density at radius 1 is 0.879 bits per heavy atom. The molecule has 7 nitrogen and oxygen atoms in total. The van der Waals surface area contributed by atoms with Crippen LogP contribution in [0.2, 0.25) is 0 Å². The van der Waals surface area contributed by atoms with E-state index in [9.17, 15) is 19.8 Å². The summed E-state index contributed by atoms with van der Waals surface area (Å²) in [5.41, 5.74) is 2.69. The third kappa shape index (κ3) is 5.90. The lowest BCUT2D eigenvalue weighted by Crippen LogP contribution is -2.31. The number of phenolic OH excluding ortho intramolecular Hbond substituents is 1. The van der Waals surface area contributed by atoms with E-state index < -0.39 is 11.9 Å². The Hall–Kier alpha value is -3.84. The maximum atomic E-state index is 13.1. The summed E-state index contributed by atoms with van der Waals surface area (Å²) in [6, 6.07) is 19.2. The van der Waals surface area contributed by atoms with E-state index in [2.05, 4.69) is 15.1 Å². The molecule has 3 N–H and O–H groups in total. The molecule has 33 heavy (non-hydrogen) atoms. The topological polar surface area (TPSA) is 93.1 Å². The van der Waals surface area contributed by atoms with Crippen LogP contribution in [0.1, 0.15) is 27.6 Å². The molecule has 0 fully saturated rings. The summed E-state index contributed by atoms with van der Waals surface area (Å²) in [7, 11) is 3.99. The summed E-state index contributed by atoms with van der Waals surface area (Å²) in [5.74, 6) is -1.90. The number of hydrogen-bond donors (Lipinski definition) is 3. The van der Waals surface area contributed by atoms with Crippen molar-refractivity contribution in [2.45, 2.75) is 6.92 Å². The number of carbonyl (C=O) groups excluding carboxylic acids is 1. The van der Waals surface area contributed by atoms with Crippen LogP contribution in [-0.2, 0) is 0 Å². The Kier molecular flexibility index (Phi) is 7.69. The summed E-state index contributed by atoms with van der Waals surface area (Å²) < 4.78 is 0. The fourth-order valence-electron chi connectivity index (χ4n) is 3.53. The molecule has 3 rings (SSSR count). The van der Waals surface area contributed by atoms with Crippen molar-refractivity contribution in [3.63, 3.8) is 0 Å². The SMILES string of the molecule is CCN(CCN(C)C)c1ccc(O)c(C(=O)Nc2cc(-c3ccccc3)ccc2C(=O)O)c1. The Balaban J connectivity index is 1.92. The Bertz CT molecular complexity index is 1130. The van der Waals surface area contributed by atoms with E-state index in [0.717, 1.165) is 36.4 Å². The van der Waals surface area contributed by atoms with Crippen molar-refractivity contribution in [3.8, 4) is 16.9 Å². The normalized spacial score (nSPS) is 10.8. The minimum absolute atomic E-state index is 0.0279. The Labute approximate surface area is 193 Å². The minimum Gasteiger partial charge on any atom is -0.507 e. The van der Waals surface area contributed by atoms with Gasteiger partial charge in [-0.05, 0) is 62.5 Å². The third-order valence-corrected chi connectivity index (χ3v) is 5.39. The number of likely N-dealkylation sites (N-methyl/N-ethyl adjacent to an activating group) is 2. The van der Waals surface area contributed by atoms with E-state index in [1.54, 1.807) is 24.3 Å². The fourth-order valence-corrected chi connectivity index (χ4v) is 3.53. The highest BCUT2D eigenvalue weighted by Crippen LogP contribution is 2.29. The van der Waals surface area contributed by atoms with E-state index >= 15 is 0 Å². The molecule has 0 radical (unpaired) electrons. The van der Waals surface area contributed by atoms with Gasteiger partial charge in [0.15, 0.2) is 0 Å². The van der Waals surface area contributed by atoms with Gasteiger partial charge in [0.05, 0.1) is 16.8 Å². The summed E-state index contributed by atoms with van der Waals surface area (Å²) >= 11 is 0. The first kappa shape index (κ1) is 23.8. The molecule has 1 amide bonds. The maximum Gasteiger partial charge on any atom is 0.337 e. The van der Waals surface area contributed by atoms with Crippen molar-refractivity contribution in [1.82, 2.24) is 4.90 Å². The molecule has 0 saturated carbocycles. The van der Waals surface area contributed by atoms with Gasteiger partial charge in [0.2, 0.25) is 0 Å². The molecule has 3 aromatic carbocycles. The predicted octanol–water partition coefficient (Wildman–Crippen LogP) is 4.40. The van der Waals surface area contributed by atoms with Gasteiger partial charge in [0.25, 0.3) is 5.91 Å². The molecule has 3 aromatic rings. The van der Waals surface area contributed by atoms with Crippen molar-refractivity contribution in [3.05, 3.63) is 77.9 Å². The van der Waals surface area contributed by atoms with Gasteiger partial charge in [0, 0.05) is 25.3 Å². The van der Waals surface area contributed by atoms with Gasteiger partial charge in [-0.15, -0.1) is 0 Å². The number of carboxylic acid groups (broad SMARTS) is 1. The van der Waals surface area contributed by atoms with Gasteiger partial charge < -0.3 is 25.3 Å². The monoisotopic (exact) mass is 447 g/mol. The summed E-state index contributed by atoms with van der Waals surface area (Å²) in [6.07, 6.45) is 0. The van der Waals surface area contributed by atoms with Crippen LogP contribution in [-0.4, -0.2) is 60.7 Å². The highest BCUT2D eigenvalue weighted by molar-refractivity contribution is 6.10. The average Bonchev–Trinajstić information content (AvgIpc) is 2.80. The lowest BCUT2D eigenvalue weighted by Gasteiger charge is -2.25. The third-order valence-electron chi connectivity index (χ3n) is 5.39. The molecule has 172 valence electrons. The lowest BCUT2D eigenvalue weighted by molar-refractivity contribution is 0.0698.